The van der Waals surface area contributed by atoms with Gasteiger partial charge in [0, 0.05) is 49.9 Å². The maximum atomic E-state index is 4.52. The molecule has 1 aliphatic heterocycles. The predicted molar refractivity (Wildman–Crippen MR) is 94.2 cm³/mol. The molecular formula is C18H22N6. The first-order chi connectivity index (χ1) is 11.8. The Morgan fingerprint density at radius 3 is 3.04 bits per heavy atom. The predicted octanol–water partition coefficient (Wildman–Crippen LogP) is 2.21. The fraction of sp³-hybridized carbons (Fsp3) is 0.333. The van der Waals surface area contributed by atoms with Crippen LogP contribution in [-0.4, -0.2) is 32.7 Å². The first-order valence-corrected chi connectivity index (χ1v) is 8.36. The van der Waals surface area contributed by atoms with Crippen LogP contribution < -0.4 is 10.6 Å². The van der Waals surface area contributed by atoms with Crippen molar-refractivity contribution in [2.45, 2.75) is 20.0 Å². The lowest BCUT2D eigenvalue weighted by Crippen LogP contribution is -2.35. The first-order valence-electron chi connectivity index (χ1n) is 8.36. The van der Waals surface area contributed by atoms with E-state index in [1.165, 1.54) is 5.56 Å². The maximum Gasteiger partial charge on any atom is 0.124 e. The van der Waals surface area contributed by atoms with Gasteiger partial charge in [-0.25, -0.2) is 9.36 Å². The largest absolute Gasteiger partial charge is 0.370 e. The lowest BCUT2D eigenvalue weighted by atomic mass is 10.1. The highest BCUT2D eigenvalue weighted by molar-refractivity contribution is 5.38. The average molecular weight is 322 g/mol. The number of rotatable bonds is 5. The molecule has 3 heterocycles. The van der Waals surface area contributed by atoms with Gasteiger partial charge in [0.2, 0.25) is 0 Å². The van der Waals surface area contributed by atoms with Crippen LogP contribution >= 0.6 is 0 Å². The second-order valence-corrected chi connectivity index (χ2v) is 6.36. The lowest BCUT2D eigenvalue weighted by Gasteiger charge is -2.25. The second kappa shape index (κ2) is 6.49. The summed E-state index contributed by atoms with van der Waals surface area (Å²) in [6.45, 7) is 5.77. The average Bonchev–Trinajstić information content (AvgIpc) is 3.21. The van der Waals surface area contributed by atoms with Crippen molar-refractivity contribution >= 4 is 5.82 Å². The summed E-state index contributed by atoms with van der Waals surface area (Å²) in [4.78, 5) is 0. The van der Waals surface area contributed by atoms with E-state index in [0.717, 1.165) is 43.4 Å². The van der Waals surface area contributed by atoms with Gasteiger partial charge in [0.15, 0.2) is 0 Å². The summed E-state index contributed by atoms with van der Waals surface area (Å²) in [5.41, 5.74) is 3.35. The quantitative estimate of drug-likeness (QED) is 0.756. The number of nitrogens with one attached hydrogen (secondary N) is 2. The Balaban J connectivity index is 1.30. The van der Waals surface area contributed by atoms with Crippen LogP contribution in [0.3, 0.4) is 0 Å². The molecule has 1 aliphatic rings. The van der Waals surface area contributed by atoms with Gasteiger partial charge in [0.05, 0.1) is 17.6 Å². The zero-order valence-corrected chi connectivity index (χ0v) is 13.8. The van der Waals surface area contributed by atoms with Crippen molar-refractivity contribution in [1.29, 1.82) is 0 Å². The molecule has 1 atom stereocenters. The molecule has 6 nitrogen and oxygen atoms in total. The van der Waals surface area contributed by atoms with E-state index in [9.17, 15) is 0 Å². The van der Waals surface area contributed by atoms with Gasteiger partial charge in [-0.1, -0.05) is 18.2 Å². The molecule has 0 amide bonds. The summed E-state index contributed by atoms with van der Waals surface area (Å²) < 4.78 is 3.98. The van der Waals surface area contributed by atoms with E-state index in [0.29, 0.717) is 5.92 Å². The molecule has 2 aromatic heterocycles. The topological polar surface area (TPSA) is 59.7 Å². The molecule has 24 heavy (non-hydrogen) atoms. The van der Waals surface area contributed by atoms with Crippen LogP contribution in [0.2, 0.25) is 0 Å². The van der Waals surface area contributed by atoms with Crippen molar-refractivity contribution in [3.8, 4) is 5.69 Å². The smallest absolute Gasteiger partial charge is 0.124 e. The minimum Gasteiger partial charge on any atom is -0.370 e. The normalized spacial score (nSPS) is 16.6. The molecule has 0 saturated heterocycles. The minimum atomic E-state index is 0.543. The van der Waals surface area contributed by atoms with E-state index in [-0.39, 0.29) is 0 Å². The third-order valence-electron chi connectivity index (χ3n) is 4.32. The van der Waals surface area contributed by atoms with E-state index in [4.69, 9.17) is 0 Å². The third kappa shape index (κ3) is 3.19. The summed E-state index contributed by atoms with van der Waals surface area (Å²) in [6, 6.07) is 12.3. The number of hydrogen-bond donors (Lipinski definition) is 2. The van der Waals surface area contributed by atoms with Crippen molar-refractivity contribution in [2.24, 2.45) is 5.92 Å². The van der Waals surface area contributed by atoms with Crippen molar-refractivity contribution < 1.29 is 0 Å². The number of para-hydroxylation sites is 1. The van der Waals surface area contributed by atoms with Gasteiger partial charge in [-0.05, 0) is 19.1 Å². The van der Waals surface area contributed by atoms with Gasteiger partial charge in [-0.15, -0.1) is 0 Å². The number of nitrogens with zero attached hydrogens (tertiary/aromatic N) is 4. The number of hydrogen-bond acceptors (Lipinski definition) is 4. The molecule has 0 fully saturated rings. The van der Waals surface area contributed by atoms with E-state index in [2.05, 4.69) is 49.9 Å². The van der Waals surface area contributed by atoms with Gasteiger partial charge in [0.25, 0.3) is 0 Å². The van der Waals surface area contributed by atoms with Gasteiger partial charge in [-0.2, -0.15) is 10.2 Å². The monoisotopic (exact) mass is 322 g/mol. The standard InChI is InChI=1S/C18H22N6/c1-14-7-18-20-10-15(13-24(18)22-14)8-19-9-16-11-21-23(12-16)17-5-3-2-4-6-17/h2-7,11-12,15,19-20H,8-10,13H2,1H3/t15-/m0/s1. The Bertz CT molecular complexity index is 804. The summed E-state index contributed by atoms with van der Waals surface area (Å²) in [5, 5.41) is 15.9. The SMILES string of the molecule is Cc1cc2n(n1)C[C@@H](CNCc1cnn(-c3ccccc3)c1)CN2. The van der Waals surface area contributed by atoms with Crippen LogP contribution in [0.1, 0.15) is 11.3 Å². The summed E-state index contributed by atoms with van der Waals surface area (Å²) in [7, 11) is 0. The van der Waals surface area contributed by atoms with Crippen LogP contribution in [0, 0.1) is 12.8 Å². The van der Waals surface area contributed by atoms with Crippen molar-refractivity contribution in [3.63, 3.8) is 0 Å². The Hall–Kier alpha value is -2.60. The van der Waals surface area contributed by atoms with E-state index < -0.39 is 0 Å². The number of fused-ring (bicyclic) bond motifs is 1. The van der Waals surface area contributed by atoms with Crippen LogP contribution in [0.5, 0.6) is 0 Å². The number of anilines is 1. The summed E-state index contributed by atoms with van der Waals surface area (Å²) >= 11 is 0. The highest BCUT2D eigenvalue weighted by Crippen LogP contribution is 2.18. The molecule has 0 saturated carbocycles. The molecule has 0 spiro atoms. The Morgan fingerprint density at radius 2 is 2.17 bits per heavy atom. The number of aromatic nitrogens is 4. The zero-order chi connectivity index (χ0) is 16.4. The molecule has 0 unspecified atom stereocenters. The highest BCUT2D eigenvalue weighted by atomic mass is 15.3. The summed E-state index contributed by atoms with van der Waals surface area (Å²) in [6.07, 6.45) is 4.00. The van der Waals surface area contributed by atoms with Crippen LogP contribution in [-0.2, 0) is 13.1 Å². The molecule has 0 bridgehead atoms. The molecule has 2 N–H and O–H groups in total. The fourth-order valence-electron chi connectivity index (χ4n) is 3.12. The van der Waals surface area contributed by atoms with Crippen LogP contribution in [0.25, 0.3) is 5.69 Å². The van der Waals surface area contributed by atoms with Crippen molar-refractivity contribution in [2.75, 3.05) is 18.4 Å². The van der Waals surface area contributed by atoms with E-state index in [1.807, 2.05) is 36.0 Å². The highest BCUT2D eigenvalue weighted by Gasteiger charge is 2.18. The zero-order valence-electron chi connectivity index (χ0n) is 13.8. The second-order valence-electron chi connectivity index (χ2n) is 6.36. The number of aryl methyl sites for hydroxylation is 1. The van der Waals surface area contributed by atoms with E-state index in [1.54, 1.807) is 0 Å². The summed E-state index contributed by atoms with van der Waals surface area (Å²) in [5.74, 6) is 1.67. The fourth-order valence-corrected chi connectivity index (χ4v) is 3.12. The van der Waals surface area contributed by atoms with Gasteiger partial charge in [0.1, 0.15) is 5.82 Å². The minimum absolute atomic E-state index is 0.543. The molecular weight excluding hydrogens is 300 g/mol. The maximum absolute atomic E-state index is 4.52. The Labute approximate surface area is 141 Å². The van der Waals surface area contributed by atoms with Crippen molar-refractivity contribution in [1.82, 2.24) is 24.9 Å². The lowest BCUT2D eigenvalue weighted by molar-refractivity contribution is 0.390. The van der Waals surface area contributed by atoms with Crippen LogP contribution in [0.15, 0.2) is 48.8 Å². The van der Waals surface area contributed by atoms with Gasteiger partial charge >= 0.3 is 0 Å². The van der Waals surface area contributed by atoms with Gasteiger partial charge < -0.3 is 10.6 Å². The molecule has 0 aliphatic carbocycles. The van der Waals surface area contributed by atoms with Crippen molar-refractivity contribution in [3.05, 3.63) is 60.0 Å². The third-order valence-corrected chi connectivity index (χ3v) is 4.32. The first kappa shape index (κ1) is 15.0. The molecule has 124 valence electrons. The number of benzene rings is 1. The van der Waals surface area contributed by atoms with Gasteiger partial charge in [-0.3, -0.25) is 0 Å². The molecule has 3 aromatic rings. The Kier molecular flexibility index (Phi) is 4.04. The molecule has 1 aromatic carbocycles. The Morgan fingerprint density at radius 1 is 1.29 bits per heavy atom. The molecule has 4 rings (SSSR count). The van der Waals surface area contributed by atoms with E-state index >= 15 is 0 Å². The molecule has 0 radical (unpaired) electrons. The molecule has 6 heteroatoms. The van der Waals surface area contributed by atoms with Crippen LogP contribution in [0.4, 0.5) is 5.82 Å².